The first kappa shape index (κ1) is 49.0. The summed E-state index contributed by atoms with van der Waals surface area (Å²) in [6.07, 6.45) is 3.86. The number of benzene rings is 9. The number of fused-ring (bicyclic) bond motifs is 5. The molecule has 5 heteroatoms. The Labute approximate surface area is 488 Å². The lowest BCUT2D eigenvalue weighted by Gasteiger charge is -2.43. The summed E-state index contributed by atoms with van der Waals surface area (Å²) in [5.74, 6) is 1.80. The van der Waals surface area contributed by atoms with Crippen LogP contribution >= 0.6 is 0 Å². The average molecular weight is 1070 g/mol. The van der Waals surface area contributed by atoms with Crippen LogP contribution in [0.2, 0.25) is 0 Å². The van der Waals surface area contributed by atoms with E-state index < -0.39 is 6.85 Å². The van der Waals surface area contributed by atoms with Crippen LogP contribution in [-0.4, -0.2) is 15.6 Å². The molecule has 0 fully saturated rings. The van der Waals surface area contributed by atoms with Crippen molar-refractivity contribution in [3.63, 3.8) is 0 Å². The summed E-state index contributed by atoms with van der Waals surface area (Å²) >= 11 is 0. The Morgan fingerprint density at radius 3 is 1.87 bits per heavy atom. The lowest BCUT2D eigenvalue weighted by molar-refractivity contribution is 0.333. The van der Waals surface area contributed by atoms with Crippen molar-refractivity contribution in [2.75, 3.05) is 0 Å². The van der Waals surface area contributed by atoms with E-state index >= 15 is 0 Å². The Morgan fingerprint density at radius 1 is 0.500 bits per heavy atom. The van der Waals surface area contributed by atoms with Gasteiger partial charge in [0.2, 0.25) is 11.4 Å². The number of hydrogen-bond acceptors (Lipinski definition) is 2. The second kappa shape index (κ2) is 19.7. The zero-order valence-electron chi connectivity index (χ0n) is 51.8. The molecule has 0 saturated heterocycles. The predicted octanol–water partition coefficient (Wildman–Crippen LogP) is 20.7. The number of ether oxygens (including phenoxy) is 1. The van der Waals surface area contributed by atoms with Gasteiger partial charge in [-0.1, -0.05) is 191 Å². The number of aryl methyl sites for hydroxylation is 1. The molecular weight excluding hydrogens is 997 g/mol. The number of hydrogen-bond donors (Lipinski definition) is 0. The highest BCUT2D eigenvalue weighted by molar-refractivity contribution is 6.10. The summed E-state index contributed by atoms with van der Waals surface area (Å²) in [6.45, 7) is 20.3. The summed E-state index contributed by atoms with van der Waals surface area (Å²) in [6, 6.07) is 76.6. The van der Waals surface area contributed by atoms with Crippen LogP contribution in [0.3, 0.4) is 0 Å². The van der Waals surface area contributed by atoms with Crippen LogP contribution in [-0.2, 0) is 21.7 Å². The second-order valence-electron chi connectivity index (χ2n) is 25.9. The molecule has 0 unspecified atom stereocenters. The fourth-order valence-electron chi connectivity index (χ4n) is 12.6. The number of para-hydroxylation sites is 3. The van der Waals surface area contributed by atoms with E-state index in [1.54, 1.807) is 12.3 Å². The molecule has 0 N–H and O–H groups in total. The Kier molecular flexibility index (Phi) is 11.8. The molecule has 11 aromatic rings. The van der Waals surface area contributed by atoms with E-state index in [2.05, 4.69) is 271 Å². The highest BCUT2D eigenvalue weighted by Crippen LogP contribution is 2.51. The fraction of sp³-hybridized carbons (Fsp3) is 0.221. The van der Waals surface area contributed by atoms with Crippen LogP contribution in [0.4, 0.5) is 22.7 Å². The van der Waals surface area contributed by atoms with Crippen LogP contribution in [0.25, 0.3) is 72.1 Å². The van der Waals surface area contributed by atoms with Gasteiger partial charge in [0.1, 0.15) is 17.3 Å². The Balaban J connectivity index is 0.947. The molecule has 1 aliphatic carbocycles. The Hall–Kier alpha value is -8.89. The molecule has 3 heterocycles. The number of pyridine rings is 1. The van der Waals surface area contributed by atoms with Gasteiger partial charge in [-0.05, 0) is 161 Å². The average Bonchev–Trinajstić information content (AvgIpc) is 2.26. The van der Waals surface area contributed by atoms with Gasteiger partial charge in [-0.15, -0.1) is 0 Å². The Morgan fingerprint density at radius 2 is 1.13 bits per heavy atom. The maximum atomic E-state index is 9.07. The monoisotopic (exact) mass is 1070 g/mol. The Bertz CT molecular complexity index is 4540. The van der Waals surface area contributed by atoms with E-state index in [1.807, 2.05) is 18.2 Å². The standard InChI is InChI=1S/C77H72N4O/c1-50-41-71(78-48-65(50)63-31-22-32-66-72(63)77(10,11)40-39-76(66,8)9)81-67-38-35-55(74(2,3)4)45-64(67)62-37-36-59(47-70(62)81)82-58-28-20-27-57(46-58)79-49-80(69-34-19-18-33-68(69)79)73-60(52-25-16-13-17-26-52)29-21-30-61(73)54-42-53(51-23-14-12-15-24-51)43-56(44-54)75(5,6)7/h12-38,41-48H,39-40H2,1-11H3/q+2/i1D3. The van der Waals surface area contributed by atoms with Crippen LogP contribution < -0.4 is 13.9 Å². The molecule has 0 saturated carbocycles. The molecule has 0 radical (unpaired) electrons. The van der Waals surface area contributed by atoms with Crippen molar-refractivity contribution in [1.29, 1.82) is 0 Å². The number of nitrogens with zero attached hydrogens (tertiary/aromatic N) is 4. The van der Waals surface area contributed by atoms with Crippen molar-refractivity contribution in [2.24, 2.45) is 0 Å². The van der Waals surface area contributed by atoms with Crippen LogP contribution in [0.15, 0.2) is 212 Å². The maximum Gasteiger partial charge on any atom is 0.503 e. The van der Waals surface area contributed by atoms with E-state index in [0.29, 0.717) is 22.9 Å². The molecule has 1 aliphatic heterocycles. The lowest BCUT2D eigenvalue weighted by Crippen LogP contribution is -2.34. The molecule has 0 spiro atoms. The zero-order chi connectivity index (χ0) is 59.4. The third-order valence-corrected chi connectivity index (χ3v) is 17.3. The van der Waals surface area contributed by atoms with E-state index in [9.17, 15) is 0 Å². The minimum Gasteiger partial charge on any atom is -0.457 e. The van der Waals surface area contributed by atoms with Gasteiger partial charge in [0.25, 0.3) is 11.4 Å². The highest BCUT2D eigenvalue weighted by Gasteiger charge is 2.41. The van der Waals surface area contributed by atoms with Gasteiger partial charge >= 0.3 is 6.01 Å². The van der Waals surface area contributed by atoms with Gasteiger partial charge < -0.3 is 4.74 Å². The summed E-state index contributed by atoms with van der Waals surface area (Å²) < 4.78 is 40.6. The van der Waals surface area contributed by atoms with E-state index in [0.717, 1.165) is 85.2 Å². The fourth-order valence-corrected chi connectivity index (χ4v) is 12.6. The first-order chi connectivity index (χ1) is 40.5. The quantitative estimate of drug-likeness (QED) is 0.135. The summed E-state index contributed by atoms with van der Waals surface area (Å²) in [7, 11) is 0. The molecule has 82 heavy (non-hydrogen) atoms. The molecule has 404 valence electrons. The van der Waals surface area contributed by atoms with E-state index in [-0.39, 0.29) is 27.2 Å². The van der Waals surface area contributed by atoms with Crippen molar-refractivity contribution < 1.29 is 8.85 Å². The molecular formula is C77H72N4O+2. The van der Waals surface area contributed by atoms with Crippen molar-refractivity contribution in [1.82, 2.24) is 18.7 Å². The largest absolute Gasteiger partial charge is 0.503 e. The summed E-state index contributed by atoms with van der Waals surface area (Å²) in [5, 5.41) is 2.07. The predicted molar refractivity (Wildman–Crippen MR) is 345 cm³/mol. The molecule has 0 amide bonds. The number of aromatic nitrogens is 2. The molecule has 9 aromatic carbocycles. The highest BCUT2D eigenvalue weighted by atomic mass is 16.5. The molecule has 2 aromatic heterocycles. The SMILES string of the molecule is [2H]C([2H])([2H])c1cc(-n2c3ccc(C(C)(C)C)cc3c3ccc(Oc4cccc([N+]5=C=[N+](c6c(-c7ccccc7)cccc6-c6cc(-c7ccccc7)cc(C(C)(C)C)c6)c6ccccc65)c4)cc32)ncc1-c1cccc2c1C(C)(C)CCC2(C)C. The molecule has 5 nitrogen and oxygen atoms in total. The van der Waals surface area contributed by atoms with Crippen molar-refractivity contribution in [3.8, 4) is 61.8 Å². The van der Waals surface area contributed by atoms with Gasteiger partial charge in [-0.25, -0.2) is 4.98 Å². The molecule has 2 aliphatic rings. The van der Waals surface area contributed by atoms with Gasteiger partial charge in [0.15, 0.2) is 0 Å². The van der Waals surface area contributed by atoms with E-state index in [1.165, 1.54) is 33.4 Å². The first-order valence-electron chi connectivity index (χ1n) is 30.4. The lowest BCUT2D eigenvalue weighted by atomic mass is 9.61. The topological polar surface area (TPSA) is 33.1 Å². The third-order valence-electron chi connectivity index (χ3n) is 17.3. The summed E-state index contributed by atoms with van der Waals surface area (Å²) in [4.78, 5) is 5.22. The second-order valence-corrected chi connectivity index (χ2v) is 25.9. The maximum absolute atomic E-state index is 9.07. The van der Waals surface area contributed by atoms with Gasteiger partial charge in [0, 0.05) is 50.9 Å². The van der Waals surface area contributed by atoms with Crippen molar-refractivity contribution in [2.45, 2.75) is 111 Å². The van der Waals surface area contributed by atoms with Gasteiger partial charge in [-0.2, -0.15) is 0 Å². The normalized spacial score (nSPS) is 15.3. The zero-order valence-corrected chi connectivity index (χ0v) is 48.8. The van der Waals surface area contributed by atoms with Crippen molar-refractivity contribution >= 4 is 50.6 Å². The van der Waals surface area contributed by atoms with Crippen LogP contribution in [0.1, 0.15) is 114 Å². The smallest absolute Gasteiger partial charge is 0.457 e. The number of rotatable bonds is 9. The minimum atomic E-state index is -2.43. The van der Waals surface area contributed by atoms with E-state index in [4.69, 9.17) is 13.8 Å². The van der Waals surface area contributed by atoms with Gasteiger partial charge in [-0.3, -0.25) is 4.57 Å². The molecule has 0 bridgehead atoms. The molecule has 0 atom stereocenters. The minimum absolute atomic E-state index is 0.0450. The van der Waals surface area contributed by atoms with Gasteiger partial charge in [0.05, 0.1) is 28.2 Å². The summed E-state index contributed by atoms with van der Waals surface area (Å²) in [5.41, 5.74) is 18.8. The van der Waals surface area contributed by atoms with Crippen LogP contribution in [0.5, 0.6) is 11.5 Å². The third kappa shape index (κ3) is 9.28. The first-order valence-corrected chi connectivity index (χ1v) is 28.9. The molecule has 13 rings (SSSR count). The van der Waals surface area contributed by atoms with Crippen LogP contribution in [0, 0.1) is 6.85 Å². The van der Waals surface area contributed by atoms with Crippen molar-refractivity contribution in [3.05, 3.63) is 240 Å².